The summed E-state index contributed by atoms with van der Waals surface area (Å²) in [7, 11) is 0. The van der Waals surface area contributed by atoms with Crippen molar-refractivity contribution < 1.29 is 18.7 Å². The Balaban J connectivity index is 1.30. The SMILES string of the molecule is O=C(CSc1nc2ccc(N=Cc3c(O)ccc4ccccc34)cc2s1)Nc1c(F)cccc1F. The van der Waals surface area contributed by atoms with Crippen LogP contribution in [0.4, 0.5) is 20.2 Å². The van der Waals surface area contributed by atoms with Crippen LogP contribution in [-0.2, 0) is 4.79 Å². The van der Waals surface area contributed by atoms with Gasteiger partial charge in [0.2, 0.25) is 5.91 Å². The number of phenols is 1. The molecule has 0 bridgehead atoms. The Labute approximate surface area is 207 Å². The summed E-state index contributed by atoms with van der Waals surface area (Å²) in [6.07, 6.45) is 1.64. The van der Waals surface area contributed by atoms with Crippen LogP contribution in [0.3, 0.4) is 0 Å². The number of rotatable bonds is 6. The Bertz CT molecular complexity index is 1580. The summed E-state index contributed by atoms with van der Waals surface area (Å²) in [5, 5.41) is 14.5. The van der Waals surface area contributed by atoms with Gasteiger partial charge in [-0.25, -0.2) is 13.8 Å². The second-order valence-corrected chi connectivity index (χ2v) is 9.80. The van der Waals surface area contributed by atoms with Crippen molar-refractivity contribution in [3.63, 3.8) is 0 Å². The fraction of sp³-hybridized carbons (Fsp3) is 0.0385. The van der Waals surface area contributed by atoms with Crippen molar-refractivity contribution in [2.24, 2.45) is 4.99 Å². The molecule has 0 saturated heterocycles. The van der Waals surface area contributed by atoms with Gasteiger partial charge >= 0.3 is 0 Å². The number of aliphatic imine (C=N–C) groups is 1. The molecule has 0 saturated carbocycles. The van der Waals surface area contributed by atoms with Crippen molar-refractivity contribution >= 4 is 67.6 Å². The number of carbonyl (C=O) groups excluding carboxylic acids is 1. The number of nitrogens with zero attached hydrogens (tertiary/aromatic N) is 2. The molecular formula is C26H17F2N3O2S2. The maximum atomic E-state index is 13.7. The van der Waals surface area contributed by atoms with Crippen molar-refractivity contribution in [3.05, 3.63) is 90.0 Å². The number of halogens is 2. The largest absolute Gasteiger partial charge is 0.507 e. The highest BCUT2D eigenvalue weighted by molar-refractivity contribution is 8.01. The van der Waals surface area contributed by atoms with Crippen LogP contribution >= 0.6 is 23.1 Å². The molecule has 0 unspecified atom stereocenters. The number of carbonyl (C=O) groups is 1. The van der Waals surface area contributed by atoms with Crippen molar-refractivity contribution in [2.45, 2.75) is 4.34 Å². The number of hydrogen-bond acceptors (Lipinski definition) is 6. The lowest BCUT2D eigenvalue weighted by Gasteiger charge is -2.06. The van der Waals surface area contributed by atoms with E-state index in [4.69, 9.17) is 0 Å². The molecule has 0 radical (unpaired) electrons. The Morgan fingerprint density at radius 2 is 1.86 bits per heavy atom. The van der Waals surface area contributed by atoms with Crippen LogP contribution in [0.15, 0.2) is 82.1 Å². The fourth-order valence-electron chi connectivity index (χ4n) is 3.51. The maximum absolute atomic E-state index is 13.7. The Morgan fingerprint density at radius 3 is 2.69 bits per heavy atom. The van der Waals surface area contributed by atoms with E-state index < -0.39 is 23.2 Å². The molecule has 5 nitrogen and oxygen atoms in total. The molecule has 1 heterocycles. The molecule has 1 aromatic heterocycles. The average Bonchev–Trinajstić information content (AvgIpc) is 3.27. The molecule has 5 aromatic rings. The van der Waals surface area contributed by atoms with Crippen LogP contribution in [0.25, 0.3) is 21.0 Å². The lowest BCUT2D eigenvalue weighted by Crippen LogP contribution is -2.16. The number of thioether (sulfide) groups is 1. The van der Waals surface area contributed by atoms with E-state index in [0.717, 1.165) is 33.1 Å². The first kappa shape index (κ1) is 22.9. The molecule has 35 heavy (non-hydrogen) atoms. The molecule has 1 amide bonds. The van der Waals surface area contributed by atoms with Crippen LogP contribution in [0.2, 0.25) is 0 Å². The van der Waals surface area contributed by atoms with Crippen LogP contribution in [0.1, 0.15) is 5.56 Å². The predicted octanol–water partition coefficient (Wildman–Crippen LogP) is 6.91. The van der Waals surface area contributed by atoms with E-state index in [9.17, 15) is 18.7 Å². The smallest absolute Gasteiger partial charge is 0.234 e. The summed E-state index contributed by atoms with van der Waals surface area (Å²) in [5.41, 5.74) is 1.63. The quantitative estimate of drug-likeness (QED) is 0.194. The van der Waals surface area contributed by atoms with E-state index in [2.05, 4.69) is 15.3 Å². The molecule has 0 spiro atoms. The van der Waals surface area contributed by atoms with Crippen LogP contribution < -0.4 is 5.32 Å². The second kappa shape index (κ2) is 9.81. The third-order valence-corrected chi connectivity index (χ3v) is 7.36. The molecule has 0 aliphatic rings. The highest BCUT2D eigenvalue weighted by Gasteiger charge is 2.13. The van der Waals surface area contributed by atoms with Gasteiger partial charge in [0.1, 0.15) is 23.1 Å². The molecular weight excluding hydrogens is 488 g/mol. The molecule has 4 aromatic carbocycles. The first-order chi connectivity index (χ1) is 17.0. The van der Waals surface area contributed by atoms with Crippen molar-refractivity contribution in [1.82, 2.24) is 4.98 Å². The molecule has 0 aliphatic heterocycles. The van der Waals surface area contributed by atoms with E-state index in [0.29, 0.717) is 15.6 Å². The van der Waals surface area contributed by atoms with Crippen molar-refractivity contribution in [2.75, 3.05) is 11.1 Å². The van der Waals surface area contributed by atoms with Crippen LogP contribution in [0, 0.1) is 11.6 Å². The number of aromatic nitrogens is 1. The van der Waals surface area contributed by atoms with Gasteiger partial charge in [0.15, 0.2) is 4.34 Å². The molecule has 9 heteroatoms. The molecule has 0 aliphatic carbocycles. The number of para-hydroxylation sites is 1. The minimum absolute atomic E-state index is 0.0427. The van der Waals surface area contributed by atoms with E-state index in [1.54, 1.807) is 12.3 Å². The van der Waals surface area contributed by atoms with Gasteiger partial charge in [-0.05, 0) is 47.2 Å². The lowest BCUT2D eigenvalue weighted by atomic mass is 10.0. The van der Waals surface area contributed by atoms with Crippen molar-refractivity contribution in [1.29, 1.82) is 0 Å². The third kappa shape index (κ3) is 5.01. The monoisotopic (exact) mass is 505 g/mol. The summed E-state index contributed by atoms with van der Waals surface area (Å²) in [6, 6.07) is 20.2. The van der Waals surface area contributed by atoms with Crippen molar-refractivity contribution in [3.8, 4) is 5.75 Å². The zero-order valence-electron chi connectivity index (χ0n) is 18.0. The lowest BCUT2D eigenvalue weighted by molar-refractivity contribution is -0.113. The molecule has 0 fully saturated rings. The number of aromatic hydroxyl groups is 1. The Hall–Kier alpha value is -3.82. The number of amides is 1. The van der Waals surface area contributed by atoms with E-state index in [-0.39, 0.29) is 11.5 Å². The van der Waals surface area contributed by atoms with Crippen LogP contribution in [-0.4, -0.2) is 28.0 Å². The van der Waals surface area contributed by atoms with Gasteiger partial charge < -0.3 is 10.4 Å². The van der Waals surface area contributed by atoms with Gasteiger partial charge in [0.25, 0.3) is 0 Å². The molecule has 174 valence electrons. The van der Waals surface area contributed by atoms with Gasteiger partial charge in [0.05, 0.1) is 21.7 Å². The first-order valence-electron chi connectivity index (χ1n) is 10.5. The molecule has 2 N–H and O–H groups in total. The highest BCUT2D eigenvalue weighted by Crippen LogP contribution is 2.33. The van der Waals surface area contributed by atoms with Gasteiger partial charge in [0, 0.05) is 11.8 Å². The van der Waals surface area contributed by atoms with E-state index in [1.165, 1.54) is 29.2 Å². The summed E-state index contributed by atoms with van der Waals surface area (Å²) in [6.45, 7) is 0. The minimum Gasteiger partial charge on any atom is -0.507 e. The zero-order chi connectivity index (χ0) is 24.4. The zero-order valence-corrected chi connectivity index (χ0v) is 19.7. The number of anilines is 1. The Kier molecular flexibility index (Phi) is 6.43. The second-order valence-electron chi connectivity index (χ2n) is 7.54. The third-order valence-electron chi connectivity index (χ3n) is 5.20. The van der Waals surface area contributed by atoms with E-state index >= 15 is 0 Å². The number of hydrogen-bond donors (Lipinski definition) is 2. The van der Waals surface area contributed by atoms with Crippen LogP contribution in [0.5, 0.6) is 5.75 Å². The molecule has 0 atom stereocenters. The summed E-state index contributed by atoms with van der Waals surface area (Å²) < 4.78 is 29.0. The topological polar surface area (TPSA) is 74.6 Å². The standard InChI is InChI=1S/C26H17F2N3O2S2/c27-19-6-3-7-20(28)25(19)31-24(33)14-34-26-30-21-10-9-16(12-23(21)35-26)29-13-18-17-5-2-1-4-15(17)8-11-22(18)32/h1-13,32H,14H2,(H,31,33). The van der Waals surface area contributed by atoms with Gasteiger partial charge in [-0.1, -0.05) is 48.2 Å². The number of fused-ring (bicyclic) bond motifs is 2. The number of phenolic OH excluding ortho intramolecular Hbond substituents is 1. The summed E-state index contributed by atoms with van der Waals surface area (Å²) >= 11 is 2.58. The number of benzene rings is 4. The highest BCUT2D eigenvalue weighted by atomic mass is 32.2. The van der Waals surface area contributed by atoms with Gasteiger partial charge in [-0.15, -0.1) is 11.3 Å². The average molecular weight is 506 g/mol. The Morgan fingerprint density at radius 1 is 1.06 bits per heavy atom. The summed E-state index contributed by atoms with van der Waals surface area (Å²) in [5.74, 6) is -2.07. The molecule has 5 rings (SSSR count). The minimum atomic E-state index is -0.826. The first-order valence-corrected chi connectivity index (χ1v) is 12.3. The predicted molar refractivity (Wildman–Crippen MR) is 138 cm³/mol. The normalized spacial score (nSPS) is 11.5. The van der Waals surface area contributed by atoms with E-state index in [1.807, 2.05) is 48.5 Å². The van der Waals surface area contributed by atoms with Gasteiger partial charge in [-0.2, -0.15) is 0 Å². The maximum Gasteiger partial charge on any atom is 0.234 e. The number of thiazole rings is 1. The number of nitrogens with one attached hydrogen (secondary N) is 1. The van der Waals surface area contributed by atoms with Gasteiger partial charge in [-0.3, -0.25) is 9.79 Å². The fourth-order valence-corrected chi connectivity index (χ4v) is 5.41. The summed E-state index contributed by atoms with van der Waals surface area (Å²) in [4.78, 5) is 21.2.